The zero-order chi connectivity index (χ0) is 7.68. The molecule has 3 N–H and O–H groups in total. The van der Waals surface area contributed by atoms with E-state index in [1.807, 2.05) is 4.52 Å². The van der Waals surface area contributed by atoms with Crippen LogP contribution in [0.15, 0.2) is 11.7 Å². The minimum Gasteiger partial charge on any atom is -0.357 e. The fourth-order valence-corrected chi connectivity index (χ4v) is 1.86. The first-order valence-corrected chi connectivity index (χ1v) is 4.35. The number of hydrogen-bond donors (Lipinski definition) is 1. The van der Waals surface area contributed by atoms with E-state index in [2.05, 4.69) is 21.2 Å². The Morgan fingerprint density at radius 2 is 2.55 bits per heavy atom. The molecule has 0 saturated carbocycles. The second-order valence-electron chi connectivity index (χ2n) is 2.29. The lowest BCUT2D eigenvalue weighted by atomic mass is 10.3. The summed E-state index contributed by atoms with van der Waals surface area (Å²) < 4.78 is 1.87. The molecule has 0 aromatic carbocycles. The van der Waals surface area contributed by atoms with Crippen LogP contribution in [0.25, 0.3) is 4.96 Å². The summed E-state index contributed by atoms with van der Waals surface area (Å²) in [6, 6.07) is 0. The van der Waals surface area contributed by atoms with Gasteiger partial charge in [0, 0.05) is 11.8 Å². The molecular weight excluding hydrogens is 160 g/mol. The quantitative estimate of drug-likeness (QED) is 0.663. The summed E-state index contributed by atoms with van der Waals surface area (Å²) in [5.74, 6) is 0. The van der Waals surface area contributed by atoms with Crippen molar-refractivity contribution in [1.29, 1.82) is 0 Å². The normalized spacial score (nSPS) is 11.0. The van der Waals surface area contributed by atoms with Crippen molar-refractivity contribution >= 4 is 16.3 Å². The first-order valence-electron chi connectivity index (χ1n) is 3.47. The zero-order valence-corrected chi connectivity index (χ0v) is 6.84. The minimum absolute atomic E-state index is 0.908. The molecule has 0 aliphatic heterocycles. The van der Waals surface area contributed by atoms with Gasteiger partial charge in [-0.2, -0.15) is 5.10 Å². The summed E-state index contributed by atoms with van der Waals surface area (Å²) in [5.41, 5.74) is 5.00. The van der Waals surface area contributed by atoms with E-state index in [4.69, 9.17) is 0 Å². The SMILES string of the molecule is [NH3+]CCc1csc2ncnn12. The van der Waals surface area contributed by atoms with E-state index in [0.29, 0.717) is 0 Å². The van der Waals surface area contributed by atoms with Crippen molar-refractivity contribution in [2.45, 2.75) is 6.42 Å². The highest BCUT2D eigenvalue weighted by molar-refractivity contribution is 7.15. The number of rotatable bonds is 2. The van der Waals surface area contributed by atoms with Gasteiger partial charge >= 0.3 is 0 Å². The van der Waals surface area contributed by atoms with Gasteiger partial charge in [0.05, 0.1) is 12.2 Å². The van der Waals surface area contributed by atoms with Gasteiger partial charge in [0.1, 0.15) is 6.33 Å². The maximum atomic E-state index is 4.09. The van der Waals surface area contributed by atoms with Crippen LogP contribution in [0, 0.1) is 0 Å². The summed E-state index contributed by atoms with van der Waals surface area (Å²) in [5, 5.41) is 6.17. The molecule has 4 nitrogen and oxygen atoms in total. The highest BCUT2D eigenvalue weighted by Gasteiger charge is 2.03. The molecule has 0 aliphatic carbocycles. The van der Waals surface area contributed by atoms with Crippen LogP contribution in [-0.4, -0.2) is 21.1 Å². The van der Waals surface area contributed by atoms with Gasteiger partial charge < -0.3 is 5.73 Å². The van der Waals surface area contributed by atoms with Gasteiger partial charge in [-0.05, 0) is 0 Å². The van der Waals surface area contributed by atoms with Gasteiger partial charge in [-0.15, -0.1) is 11.3 Å². The number of hydrogen-bond acceptors (Lipinski definition) is 3. The van der Waals surface area contributed by atoms with Crippen molar-refractivity contribution in [3.8, 4) is 0 Å². The van der Waals surface area contributed by atoms with Crippen LogP contribution in [0.1, 0.15) is 5.69 Å². The Bertz CT molecular complexity index is 350. The largest absolute Gasteiger partial charge is 0.357 e. The number of fused-ring (bicyclic) bond motifs is 1. The highest BCUT2D eigenvalue weighted by atomic mass is 32.1. The van der Waals surface area contributed by atoms with Crippen molar-refractivity contribution in [3.05, 3.63) is 17.4 Å². The Morgan fingerprint density at radius 1 is 1.64 bits per heavy atom. The fraction of sp³-hybridized carbons (Fsp3) is 0.333. The van der Waals surface area contributed by atoms with Crippen LogP contribution in [0.3, 0.4) is 0 Å². The molecule has 0 unspecified atom stereocenters. The lowest BCUT2D eigenvalue weighted by molar-refractivity contribution is -0.366. The molecule has 0 fully saturated rings. The van der Waals surface area contributed by atoms with Crippen molar-refractivity contribution in [3.63, 3.8) is 0 Å². The van der Waals surface area contributed by atoms with Crippen molar-refractivity contribution in [1.82, 2.24) is 14.6 Å². The van der Waals surface area contributed by atoms with E-state index in [0.717, 1.165) is 17.9 Å². The number of quaternary nitrogens is 1. The summed E-state index contributed by atoms with van der Waals surface area (Å²) in [6.07, 6.45) is 2.56. The van der Waals surface area contributed by atoms with Gasteiger partial charge in [0.2, 0.25) is 4.96 Å². The van der Waals surface area contributed by atoms with E-state index < -0.39 is 0 Å². The van der Waals surface area contributed by atoms with Crippen molar-refractivity contribution in [2.75, 3.05) is 6.54 Å². The van der Waals surface area contributed by atoms with Crippen molar-refractivity contribution in [2.24, 2.45) is 0 Å². The first kappa shape index (κ1) is 6.75. The molecular formula is C6H9N4S+. The van der Waals surface area contributed by atoms with E-state index >= 15 is 0 Å². The first-order chi connectivity index (χ1) is 5.42. The second-order valence-corrected chi connectivity index (χ2v) is 3.12. The zero-order valence-electron chi connectivity index (χ0n) is 6.03. The highest BCUT2D eigenvalue weighted by Crippen LogP contribution is 2.12. The number of thiazole rings is 1. The monoisotopic (exact) mass is 169 g/mol. The summed E-state index contributed by atoms with van der Waals surface area (Å²) in [7, 11) is 0. The molecule has 0 aliphatic rings. The maximum absolute atomic E-state index is 4.09. The molecule has 2 heterocycles. The molecule has 2 aromatic rings. The Balaban J connectivity index is 2.51. The Kier molecular flexibility index (Phi) is 1.59. The average molecular weight is 169 g/mol. The van der Waals surface area contributed by atoms with Gasteiger partial charge in [-0.25, -0.2) is 9.50 Å². The Morgan fingerprint density at radius 3 is 3.36 bits per heavy atom. The Labute approximate surface area is 67.7 Å². The summed E-state index contributed by atoms with van der Waals surface area (Å²) in [6.45, 7) is 0.908. The molecule has 0 amide bonds. The topological polar surface area (TPSA) is 57.8 Å². The molecule has 11 heavy (non-hydrogen) atoms. The predicted octanol–water partition coefficient (Wildman–Crippen LogP) is -0.425. The van der Waals surface area contributed by atoms with E-state index in [1.54, 1.807) is 17.7 Å². The number of aromatic nitrogens is 3. The van der Waals surface area contributed by atoms with Gasteiger partial charge in [0.15, 0.2) is 0 Å². The van der Waals surface area contributed by atoms with Crippen molar-refractivity contribution < 1.29 is 5.73 Å². The molecule has 0 radical (unpaired) electrons. The lowest BCUT2D eigenvalue weighted by Crippen LogP contribution is -2.51. The standard InChI is InChI=1S/C6H8N4S/c7-2-1-5-3-11-6-8-4-9-10(5)6/h3-4H,1-2,7H2/p+1. The van der Waals surface area contributed by atoms with Crippen LogP contribution in [0.5, 0.6) is 0 Å². The minimum atomic E-state index is 0.908. The van der Waals surface area contributed by atoms with E-state index in [1.165, 1.54) is 5.69 Å². The molecule has 0 saturated heterocycles. The van der Waals surface area contributed by atoms with Crippen LogP contribution < -0.4 is 5.73 Å². The average Bonchev–Trinajstić information content (AvgIpc) is 2.53. The van der Waals surface area contributed by atoms with E-state index in [9.17, 15) is 0 Å². The molecule has 0 spiro atoms. The Hall–Kier alpha value is -0.940. The molecule has 0 bridgehead atoms. The van der Waals surface area contributed by atoms with Crippen LogP contribution in [0.4, 0.5) is 0 Å². The number of nitrogens with zero attached hydrogens (tertiary/aromatic N) is 3. The van der Waals surface area contributed by atoms with Gasteiger partial charge in [-0.1, -0.05) is 0 Å². The fourth-order valence-electron chi connectivity index (χ4n) is 1.02. The lowest BCUT2D eigenvalue weighted by Gasteiger charge is -1.89. The van der Waals surface area contributed by atoms with E-state index in [-0.39, 0.29) is 0 Å². The molecule has 2 rings (SSSR count). The molecule has 0 atom stereocenters. The summed E-state index contributed by atoms with van der Waals surface area (Å²) >= 11 is 1.62. The smallest absolute Gasteiger partial charge is 0.212 e. The second kappa shape index (κ2) is 2.60. The third-order valence-corrected chi connectivity index (χ3v) is 2.40. The van der Waals surface area contributed by atoms with Crippen LogP contribution in [-0.2, 0) is 6.42 Å². The maximum Gasteiger partial charge on any atom is 0.212 e. The van der Waals surface area contributed by atoms with Crippen LogP contribution >= 0.6 is 11.3 Å². The third-order valence-electron chi connectivity index (χ3n) is 1.52. The van der Waals surface area contributed by atoms with Gasteiger partial charge in [-0.3, -0.25) is 0 Å². The molecule has 58 valence electrons. The molecule has 5 heteroatoms. The third kappa shape index (κ3) is 1.02. The predicted molar refractivity (Wildman–Crippen MR) is 42.3 cm³/mol. The molecule has 2 aromatic heterocycles. The van der Waals surface area contributed by atoms with Crippen LogP contribution in [0.2, 0.25) is 0 Å². The van der Waals surface area contributed by atoms with Gasteiger partial charge in [0.25, 0.3) is 0 Å². The summed E-state index contributed by atoms with van der Waals surface area (Å²) in [4.78, 5) is 5.04.